The summed E-state index contributed by atoms with van der Waals surface area (Å²) in [5, 5.41) is 0. The number of ketones is 1. The highest BCUT2D eigenvalue weighted by molar-refractivity contribution is 7.90. The summed E-state index contributed by atoms with van der Waals surface area (Å²) in [6.07, 6.45) is 2.38. The monoisotopic (exact) mass is 254 g/mol. The van der Waals surface area contributed by atoms with Gasteiger partial charge in [0.05, 0.1) is 5.75 Å². The Kier molecular flexibility index (Phi) is 4.87. The van der Waals surface area contributed by atoms with Gasteiger partial charge in [0.1, 0.15) is 15.6 Å². The highest BCUT2D eigenvalue weighted by Gasteiger charge is 2.08. The van der Waals surface area contributed by atoms with Crippen LogP contribution >= 0.6 is 0 Å². The molecule has 0 aromatic heterocycles. The fraction of sp³-hybridized carbons (Fsp3) is 0.462. The lowest BCUT2D eigenvalue weighted by Crippen LogP contribution is -2.09. The summed E-state index contributed by atoms with van der Waals surface area (Å²) in [7, 11) is -3.03. The van der Waals surface area contributed by atoms with Crippen LogP contribution in [0.1, 0.15) is 24.0 Å². The first kappa shape index (κ1) is 13.9. The van der Waals surface area contributed by atoms with Crippen LogP contribution in [0.2, 0.25) is 0 Å². The Balaban J connectivity index is 2.36. The van der Waals surface area contributed by atoms with Gasteiger partial charge in [-0.05, 0) is 18.9 Å². The molecule has 0 N–H and O–H groups in total. The zero-order chi connectivity index (χ0) is 12.9. The Morgan fingerprint density at radius 1 is 1.12 bits per heavy atom. The van der Waals surface area contributed by atoms with Gasteiger partial charge in [-0.3, -0.25) is 4.79 Å². The first-order valence-electron chi connectivity index (χ1n) is 5.62. The second kappa shape index (κ2) is 5.96. The summed E-state index contributed by atoms with van der Waals surface area (Å²) in [6, 6.07) is 8.02. The van der Waals surface area contributed by atoms with E-state index in [0.29, 0.717) is 12.8 Å². The van der Waals surface area contributed by atoms with E-state index in [2.05, 4.69) is 0 Å². The van der Waals surface area contributed by atoms with E-state index in [1.54, 1.807) is 0 Å². The van der Waals surface area contributed by atoms with Crippen LogP contribution in [0.3, 0.4) is 0 Å². The van der Waals surface area contributed by atoms with E-state index in [9.17, 15) is 13.2 Å². The SMILES string of the molecule is Cc1ccc(CCC(=O)CCS(C)(=O)=O)cc1. The summed E-state index contributed by atoms with van der Waals surface area (Å²) in [4.78, 5) is 11.5. The first-order chi connectivity index (χ1) is 7.87. The van der Waals surface area contributed by atoms with Crippen LogP contribution in [0.15, 0.2) is 24.3 Å². The molecule has 0 spiro atoms. The number of carbonyl (C=O) groups is 1. The highest BCUT2D eigenvalue weighted by Crippen LogP contribution is 2.07. The minimum absolute atomic E-state index is 0.0102. The van der Waals surface area contributed by atoms with Crippen LogP contribution in [0.4, 0.5) is 0 Å². The van der Waals surface area contributed by atoms with Crippen molar-refractivity contribution in [2.45, 2.75) is 26.2 Å². The second-order valence-electron chi connectivity index (χ2n) is 4.40. The number of hydrogen-bond donors (Lipinski definition) is 0. The third-order valence-electron chi connectivity index (χ3n) is 2.56. The van der Waals surface area contributed by atoms with Crippen molar-refractivity contribution in [3.05, 3.63) is 35.4 Å². The predicted molar refractivity (Wildman–Crippen MR) is 68.8 cm³/mol. The van der Waals surface area contributed by atoms with Crippen LogP contribution < -0.4 is 0 Å². The fourth-order valence-corrected chi connectivity index (χ4v) is 2.06. The van der Waals surface area contributed by atoms with E-state index in [-0.39, 0.29) is 18.0 Å². The van der Waals surface area contributed by atoms with E-state index < -0.39 is 9.84 Å². The van der Waals surface area contributed by atoms with Crippen molar-refractivity contribution >= 4 is 15.6 Å². The number of aryl methyl sites for hydroxylation is 2. The van der Waals surface area contributed by atoms with Gasteiger partial charge in [-0.2, -0.15) is 0 Å². The standard InChI is InChI=1S/C13H18O3S/c1-11-3-5-12(6-4-11)7-8-13(14)9-10-17(2,15)16/h3-6H,7-10H2,1-2H3. The van der Waals surface area contributed by atoms with E-state index >= 15 is 0 Å². The lowest BCUT2D eigenvalue weighted by atomic mass is 10.1. The summed E-state index contributed by atoms with van der Waals surface area (Å²) in [5.41, 5.74) is 2.31. The van der Waals surface area contributed by atoms with E-state index in [4.69, 9.17) is 0 Å². The minimum Gasteiger partial charge on any atom is -0.300 e. The van der Waals surface area contributed by atoms with E-state index in [1.807, 2.05) is 31.2 Å². The van der Waals surface area contributed by atoms with Crippen LogP contribution in [-0.4, -0.2) is 26.2 Å². The van der Waals surface area contributed by atoms with Crippen molar-refractivity contribution in [1.29, 1.82) is 0 Å². The third kappa shape index (κ3) is 6.22. The minimum atomic E-state index is -3.03. The van der Waals surface area contributed by atoms with Crippen molar-refractivity contribution in [3.8, 4) is 0 Å². The summed E-state index contributed by atoms with van der Waals surface area (Å²) in [6.45, 7) is 2.01. The maximum absolute atomic E-state index is 11.5. The topological polar surface area (TPSA) is 51.2 Å². The molecule has 0 bridgehead atoms. The third-order valence-corrected chi connectivity index (χ3v) is 3.51. The van der Waals surface area contributed by atoms with Crippen molar-refractivity contribution in [3.63, 3.8) is 0 Å². The van der Waals surface area contributed by atoms with Crippen LogP contribution in [0, 0.1) is 6.92 Å². The van der Waals surface area contributed by atoms with Crippen molar-refractivity contribution < 1.29 is 13.2 Å². The van der Waals surface area contributed by atoms with Crippen molar-refractivity contribution in [2.75, 3.05) is 12.0 Å². The Morgan fingerprint density at radius 2 is 1.71 bits per heavy atom. The zero-order valence-corrected chi connectivity index (χ0v) is 11.1. The van der Waals surface area contributed by atoms with Gasteiger partial charge < -0.3 is 0 Å². The molecule has 4 heteroatoms. The van der Waals surface area contributed by atoms with Gasteiger partial charge in [0.25, 0.3) is 0 Å². The molecule has 0 unspecified atom stereocenters. The smallest absolute Gasteiger partial charge is 0.147 e. The molecular weight excluding hydrogens is 236 g/mol. The lowest BCUT2D eigenvalue weighted by molar-refractivity contribution is -0.118. The summed E-state index contributed by atoms with van der Waals surface area (Å²) in [5.74, 6) is -0.0317. The summed E-state index contributed by atoms with van der Waals surface area (Å²) < 4.78 is 21.8. The predicted octanol–water partition coefficient (Wildman–Crippen LogP) is 1.93. The first-order valence-corrected chi connectivity index (χ1v) is 7.68. The molecule has 0 atom stereocenters. The zero-order valence-electron chi connectivity index (χ0n) is 10.3. The van der Waals surface area contributed by atoms with Crippen molar-refractivity contribution in [2.24, 2.45) is 0 Å². The molecule has 0 aliphatic rings. The molecule has 1 aromatic rings. The van der Waals surface area contributed by atoms with E-state index in [1.165, 1.54) is 5.56 Å². The molecule has 1 aromatic carbocycles. The van der Waals surface area contributed by atoms with Gasteiger partial charge in [-0.15, -0.1) is 0 Å². The van der Waals surface area contributed by atoms with Crippen molar-refractivity contribution in [1.82, 2.24) is 0 Å². The van der Waals surface area contributed by atoms with Gasteiger partial charge >= 0.3 is 0 Å². The van der Waals surface area contributed by atoms with Gasteiger partial charge in [-0.25, -0.2) is 8.42 Å². The Bertz CT molecular complexity index is 472. The van der Waals surface area contributed by atoms with Crippen LogP contribution in [0.5, 0.6) is 0 Å². The van der Waals surface area contributed by atoms with E-state index in [0.717, 1.165) is 11.8 Å². The van der Waals surface area contributed by atoms with Crippen LogP contribution in [0.25, 0.3) is 0 Å². The molecule has 0 amide bonds. The van der Waals surface area contributed by atoms with Gasteiger partial charge in [-0.1, -0.05) is 29.8 Å². The number of hydrogen-bond acceptors (Lipinski definition) is 3. The average molecular weight is 254 g/mol. The Labute approximate surface area is 103 Å². The molecule has 3 nitrogen and oxygen atoms in total. The molecule has 0 aliphatic carbocycles. The molecule has 0 radical (unpaired) electrons. The normalized spacial score (nSPS) is 11.4. The van der Waals surface area contributed by atoms with Gasteiger partial charge in [0.15, 0.2) is 0 Å². The average Bonchev–Trinajstić information content (AvgIpc) is 2.25. The summed E-state index contributed by atoms with van der Waals surface area (Å²) >= 11 is 0. The Morgan fingerprint density at radius 3 is 2.24 bits per heavy atom. The molecule has 1 rings (SSSR count). The molecule has 0 saturated carbocycles. The quantitative estimate of drug-likeness (QED) is 0.779. The van der Waals surface area contributed by atoms with Gasteiger partial charge in [0.2, 0.25) is 0 Å². The van der Waals surface area contributed by atoms with Gasteiger partial charge in [0, 0.05) is 19.1 Å². The number of sulfone groups is 1. The number of rotatable bonds is 6. The molecule has 94 valence electrons. The Hall–Kier alpha value is -1.16. The molecule has 17 heavy (non-hydrogen) atoms. The second-order valence-corrected chi connectivity index (χ2v) is 6.66. The maximum Gasteiger partial charge on any atom is 0.147 e. The molecular formula is C13H18O3S. The molecule has 0 fully saturated rings. The number of carbonyl (C=O) groups excluding carboxylic acids is 1. The largest absolute Gasteiger partial charge is 0.300 e. The molecule has 0 heterocycles. The number of Topliss-reactive ketones (excluding diaryl/α,β-unsaturated/α-hetero) is 1. The lowest BCUT2D eigenvalue weighted by Gasteiger charge is -2.02. The molecule has 0 saturated heterocycles. The number of benzene rings is 1. The maximum atomic E-state index is 11.5. The fourth-order valence-electron chi connectivity index (χ4n) is 1.46. The molecule has 0 aliphatic heterocycles. The highest BCUT2D eigenvalue weighted by atomic mass is 32.2. The van der Waals surface area contributed by atoms with Crippen LogP contribution in [-0.2, 0) is 21.1 Å².